The van der Waals surface area contributed by atoms with Gasteiger partial charge in [0.1, 0.15) is 5.82 Å². The minimum atomic E-state index is -0.789. The summed E-state index contributed by atoms with van der Waals surface area (Å²) in [6.07, 6.45) is -0.789. The predicted octanol–water partition coefficient (Wildman–Crippen LogP) is 0.145. The van der Waals surface area contributed by atoms with Crippen molar-refractivity contribution in [2.24, 2.45) is 0 Å². The Morgan fingerprint density at radius 2 is 2.35 bits per heavy atom. The molecule has 94 valence electrons. The number of rotatable bonds is 5. The Kier molecular flexibility index (Phi) is 4.86. The van der Waals surface area contributed by atoms with E-state index in [0.717, 1.165) is 6.07 Å². The van der Waals surface area contributed by atoms with Gasteiger partial charge in [0.25, 0.3) is 5.91 Å². The summed E-state index contributed by atoms with van der Waals surface area (Å²) >= 11 is 0. The smallest absolute Gasteiger partial charge is 0.251 e. The number of carbonyl (C=O) groups is 1. The van der Waals surface area contributed by atoms with Gasteiger partial charge in [-0.05, 0) is 18.2 Å². The second kappa shape index (κ2) is 6.17. The van der Waals surface area contributed by atoms with Crippen LogP contribution in [0.15, 0.2) is 18.2 Å². The molecule has 6 heteroatoms. The predicted molar refractivity (Wildman–Crippen MR) is 61.0 cm³/mol. The second-order valence-electron chi connectivity index (χ2n) is 3.56. The van der Waals surface area contributed by atoms with Gasteiger partial charge in [0.05, 0.1) is 18.4 Å². The van der Waals surface area contributed by atoms with E-state index < -0.39 is 17.8 Å². The van der Waals surface area contributed by atoms with Crippen molar-refractivity contribution in [1.29, 1.82) is 0 Å². The number of halogens is 1. The maximum absolute atomic E-state index is 13.1. The lowest BCUT2D eigenvalue weighted by atomic mass is 10.2. The van der Waals surface area contributed by atoms with Crippen molar-refractivity contribution >= 4 is 11.6 Å². The fraction of sp³-hybridized carbons (Fsp3) is 0.364. The van der Waals surface area contributed by atoms with Gasteiger partial charge >= 0.3 is 0 Å². The fourth-order valence-corrected chi connectivity index (χ4v) is 1.23. The summed E-state index contributed by atoms with van der Waals surface area (Å²) < 4.78 is 17.8. The molecule has 17 heavy (non-hydrogen) atoms. The average molecular weight is 242 g/mol. The highest BCUT2D eigenvalue weighted by molar-refractivity contribution is 5.94. The summed E-state index contributed by atoms with van der Waals surface area (Å²) in [6, 6.07) is 3.78. The highest BCUT2D eigenvalue weighted by atomic mass is 19.1. The first-order chi connectivity index (χ1) is 8.04. The monoisotopic (exact) mass is 242 g/mol. The minimum absolute atomic E-state index is 0.0130. The third-order valence-electron chi connectivity index (χ3n) is 2.12. The highest BCUT2D eigenvalue weighted by Gasteiger charge is 2.10. The van der Waals surface area contributed by atoms with Gasteiger partial charge in [-0.15, -0.1) is 0 Å². The van der Waals surface area contributed by atoms with Crippen molar-refractivity contribution in [2.75, 3.05) is 26.0 Å². The van der Waals surface area contributed by atoms with Gasteiger partial charge in [0, 0.05) is 19.2 Å². The molecule has 0 heterocycles. The number of nitrogens with two attached hydrogens (primary N) is 1. The number of aliphatic hydroxyl groups excluding tert-OH is 1. The SMILES string of the molecule is COCC(O)CNC(=O)c1ccc(N)c(F)c1. The van der Waals surface area contributed by atoms with Crippen molar-refractivity contribution in [2.45, 2.75) is 6.10 Å². The van der Waals surface area contributed by atoms with Crippen LogP contribution in [-0.4, -0.2) is 37.4 Å². The summed E-state index contributed by atoms with van der Waals surface area (Å²) in [4.78, 5) is 11.5. The first kappa shape index (κ1) is 13.4. The molecular formula is C11H15FN2O3. The van der Waals surface area contributed by atoms with Crippen LogP contribution in [0.3, 0.4) is 0 Å². The molecule has 1 atom stereocenters. The van der Waals surface area contributed by atoms with Gasteiger partial charge in [-0.3, -0.25) is 4.79 Å². The lowest BCUT2D eigenvalue weighted by molar-refractivity contribution is 0.0609. The molecule has 1 amide bonds. The Balaban J connectivity index is 2.55. The van der Waals surface area contributed by atoms with Crippen molar-refractivity contribution in [3.05, 3.63) is 29.6 Å². The van der Waals surface area contributed by atoms with Crippen molar-refractivity contribution < 1.29 is 19.0 Å². The molecule has 0 aliphatic carbocycles. The number of nitrogen functional groups attached to an aromatic ring is 1. The van der Waals surface area contributed by atoms with Crippen molar-refractivity contribution in [1.82, 2.24) is 5.32 Å². The third kappa shape index (κ3) is 4.01. The average Bonchev–Trinajstić information content (AvgIpc) is 2.30. The molecule has 0 aliphatic rings. The molecule has 1 unspecified atom stereocenters. The Labute approximate surface area is 98.4 Å². The molecule has 0 saturated heterocycles. The van der Waals surface area contributed by atoms with E-state index in [1.807, 2.05) is 0 Å². The number of ether oxygens (including phenoxy) is 1. The van der Waals surface area contributed by atoms with Gasteiger partial charge in [0.2, 0.25) is 0 Å². The largest absolute Gasteiger partial charge is 0.396 e. The van der Waals surface area contributed by atoms with Crippen LogP contribution in [0, 0.1) is 5.82 Å². The molecule has 0 aliphatic heterocycles. The van der Waals surface area contributed by atoms with E-state index in [9.17, 15) is 14.3 Å². The first-order valence-electron chi connectivity index (χ1n) is 5.04. The van der Waals surface area contributed by atoms with Crippen molar-refractivity contribution in [3.8, 4) is 0 Å². The Morgan fingerprint density at radius 1 is 1.65 bits per heavy atom. The number of methoxy groups -OCH3 is 1. The molecule has 0 aromatic heterocycles. The van der Waals surface area contributed by atoms with Crippen LogP contribution < -0.4 is 11.1 Å². The molecule has 1 rings (SSSR count). The summed E-state index contributed by atoms with van der Waals surface area (Å²) in [6.45, 7) is 0.162. The van der Waals surface area contributed by atoms with Gasteiger partial charge < -0.3 is 20.9 Å². The molecular weight excluding hydrogens is 227 g/mol. The highest BCUT2D eigenvalue weighted by Crippen LogP contribution is 2.11. The Bertz CT molecular complexity index is 398. The van der Waals surface area contributed by atoms with E-state index in [1.54, 1.807) is 0 Å². The quantitative estimate of drug-likeness (QED) is 0.641. The molecule has 0 spiro atoms. The zero-order valence-electron chi connectivity index (χ0n) is 9.44. The third-order valence-corrected chi connectivity index (χ3v) is 2.12. The van der Waals surface area contributed by atoms with Gasteiger partial charge in [-0.2, -0.15) is 0 Å². The topological polar surface area (TPSA) is 84.6 Å². The number of amides is 1. The minimum Gasteiger partial charge on any atom is -0.396 e. The molecule has 1 aromatic carbocycles. The maximum atomic E-state index is 13.1. The Morgan fingerprint density at radius 3 is 2.94 bits per heavy atom. The van der Waals surface area contributed by atoms with Crippen molar-refractivity contribution in [3.63, 3.8) is 0 Å². The first-order valence-corrected chi connectivity index (χ1v) is 5.04. The number of benzene rings is 1. The summed E-state index contributed by atoms with van der Waals surface area (Å²) in [7, 11) is 1.44. The number of nitrogens with one attached hydrogen (secondary N) is 1. The normalized spacial score (nSPS) is 12.2. The number of hydrogen-bond donors (Lipinski definition) is 3. The summed E-state index contributed by atoms with van der Waals surface area (Å²) in [5.74, 6) is -1.12. The number of hydrogen-bond acceptors (Lipinski definition) is 4. The van der Waals surface area contributed by atoms with E-state index in [4.69, 9.17) is 10.5 Å². The molecule has 0 fully saturated rings. The van der Waals surface area contributed by atoms with Crippen LogP contribution >= 0.6 is 0 Å². The van der Waals surface area contributed by atoms with Crippen LogP contribution in [0.25, 0.3) is 0 Å². The van der Waals surface area contributed by atoms with Crippen LogP contribution in [0.1, 0.15) is 10.4 Å². The second-order valence-corrected chi connectivity index (χ2v) is 3.56. The molecule has 4 N–H and O–H groups in total. The maximum Gasteiger partial charge on any atom is 0.251 e. The number of anilines is 1. The standard InChI is InChI=1S/C11H15FN2O3/c1-17-6-8(15)5-14-11(16)7-2-3-10(13)9(12)4-7/h2-4,8,15H,5-6,13H2,1H3,(H,14,16). The van der Waals surface area contributed by atoms with Gasteiger partial charge in [-0.25, -0.2) is 4.39 Å². The summed E-state index contributed by atoms with van der Waals surface area (Å²) in [5, 5.41) is 11.8. The zero-order valence-corrected chi connectivity index (χ0v) is 9.44. The molecule has 0 radical (unpaired) electrons. The number of aliphatic hydroxyl groups is 1. The number of carbonyl (C=O) groups excluding carboxylic acids is 1. The van der Waals surface area contributed by atoms with E-state index >= 15 is 0 Å². The fourth-order valence-electron chi connectivity index (χ4n) is 1.23. The van der Waals surface area contributed by atoms with Crippen LogP contribution in [0.4, 0.5) is 10.1 Å². The lowest BCUT2D eigenvalue weighted by Crippen LogP contribution is -2.34. The molecule has 5 nitrogen and oxygen atoms in total. The summed E-state index contributed by atoms with van der Waals surface area (Å²) in [5.41, 5.74) is 5.43. The van der Waals surface area contributed by atoms with E-state index in [2.05, 4.69) is 5.32 Å². The zero-order chi connectivity index (χ0) is 12.8. The van der Waals surface area contributed by atoms with E-state index in [-0.39, 0.29) is 24.4 Å². The van der Waals surface area contributed by atoms with Crippen LogP contribution in [0.2, 0.25) is 0 Å². The van der Waals surface area contributed by atoms with E-state index in [0.29, 0.717) is 0 Å². The van der Waals surface area contributed by atoms with Gasteiger partial charge in [0.15, 0.2) is 0 Å². The van der Waals surface area contributed by atoms with Crippen LogP contribution in [-0.2, 0) is 4.74 Å². The lowest BCUT2D eigenvalue weighted by Gasteiger charge is -2.10. The van der Waals surface area contributed by atoms with Crippen LogP contribution in [0.5, 0.6) is 0 Å². The Hall–Kier alpha value is -1.66. The van der Waals surface area contributed by atoms with E-state index in [1.165, 1.54) is 19.2 Å². The van der Waals surface area contributed by atoms with Gasteiger partial charge in [-0.1, -0.05) is 0 Å². The molecule has 0 bridgehead atoms. The molecule has 1 aromatic rings. The molecule has 0 saturated carbocycles.